The third kappa shape index (κ3) is 6.06. The van der Waals surface area contributed by atoms with E-state index in [2.05, 4.69) is 0 Å². The molecule has 2 fully saturated rings. The number of likely N-dealkylation sites (tertiary alicyclic amines) is 2. The second kappa shape index (κ2) is 11.4. The van der Waals surface area contributed by atoms with Crippen molar-refractivity contribution in [3.05, 3.63) is 70.0 Å². The molecule has 0 spiro atoms. The van der Waals surface area contributed by atoms with Gasteiger partial charge in [0.05, 0.1) is 23.2 Å². The van der Waals surface area contributed by atoms with E-state index in [4.69, 9.17) is 0 Å². The molecule has 2 aliphatic heterocycles. The third-order valence-electron chi connectivity index (χ3n) is 8.46. The van der Waals surface area contributed by atoms with Gasteiger partial charge in [0.2, 0.25) is 0 Å². The molecule has 0 radical (unpaired) electrons. The van der Waals surface area contributed by atoms with E-state index in [1.807, 2.05) is 0 Å². The summed E-state index contributed by atoms with van der Waals surface area (Å²) in [6.45, 7) is 5.06. The fourth-order valence-corrected chi connectivity index (χ4v) is 6.18. The molecule has 2 saturated heterocycles. The van der Waals surface area contributed by atoms with Crippen molar-refractivity contribution in [2.45, 2.75) is 57.7 Å². The lowest BCUT2D eigenvalue weighted by Crippen LogP contribution is -2.51. The number of carbonyl (C=O) groups is 2. The number of urea groups is 1. The second-order valence-corrected chi connectivity index (χ2v) is 11.1. The van der Waals surface area contributed by atoms with Crippen molar-refractivity contribution in [2.24, 2.45) is 11.8 Å². The van der Waals surface area contributed by atoms with Gasteiger partial charge in [-0.2, -0.15) is 26.3 Å². The van der Waals surface area contributed by atoms with Gasteiger partial charge in [-0.25, -0.2) is 9.18 Å². The molecule has 42 heavy (non-hydrogen) atoms. The first kappa shape index (κ1) is 31.6. The number of carbonyl (C=O) groups excluding carboxylic acids is 2. The fraction of sp³-hybridized carbons (Fsp3) is 0.517. The quantitative estimate of drug-likeness (QED) is 0.425. The molecule has 2 heterocycles. The number of hydrogen-bond acceptors (Lipinski definition) is 3. The van der Waals surface area contributed by atoms with E-state index in [-0.39, 0.29) is 31.0 Å². The SMILES string of the molecule is Cc1cc(F)ccc1[C@H]1[C@@H]2CN(C(=O)C(C)O)CC2CCN1C(=O)N(C)C(C)c1ccc(C(F)(F)F)cc1C(F)(F)F. The largest absolute Gasteiger partial charge is 0.416 e. The van der Waals surface area contributed by atoms with Crippen LogP contribution in [0.4, 0.5) is 35.5 Å². The number of aliphatic hydroxyl groups is 1. The molecule has 3 unspecified atom stereocenters. The minimum Gasteiger partial charge on any atom is -0.384 e. The van der Waals surface area contributed by atoms with Crippen molar-refractivity contribution >= 4 is 11.9 Å². The highest BCUT2D eigenvalue weighted by Crippen LogP contribution is 2.46. The number of alkyl halides is 6. The summed E-state index contributed by atoms with van der Waals surface area (Å²) in [5, 5.41) is 9.85. The number of aryl methyl sites for hydroxylation is 1. The van der Waals surface area contributed by atoms with Crippen molar-refractivity contribution in [1.29, 1.82) is 0 Å². The van der Waals surface area contributed by atoms with Gasteiger partial charge < -0.3 is 19.8 Å². The topological polar surface area (TPSA) is 64.1 Å². The van der Waals surface area contributed by atoms with Crippen molar-refractivity contribution < 1.29 is 45.4 Å². The Kier molecular flexibility index (Phi) is 8.56. The summed E-state index contributed by atoms with van der Waals surface area (Å²) in [5.41, 5.74) is -2.29. The molecule has 4 rings (SSSR count). The Morgan fingerprint density at radius 3 is 2.24 bits per heavy atom. The molecular formula is C29H32F7N3O3. The van der Waals surface area contributed by atoms with Gasteiger partial charge in [-0.1, -0.05) is 12.1 Å². The Hall–Kier alpha value is -3.35. The lowest BCUT2D eigenvalue weighted by Gasteiger charge is -2.45. The van der Waals surface area contributed by atoms with Crippen molar-refractivity contribution in [3.8, 4) is 0 Å². The zero-order valence-corrected chi connectivity index (χ0v) is 23.4. The summed E-state index contributed by atoms with van der Waals surface area (Å²) in [6, 6.07) is 2.83. The summed E-state index contributed by atoms with van der Waals surface area (Å²) < 4.78 is 95.3. The average Bonchev–Trinajstić information content (AvgIpc) is 3.34. The number of nitrogens with zero attached hydrogens (tertiary/aromatic N) is 3. The summed E-state index contributed by atoms with van der Waals surface area (Å²) >= 11 is 0. The van der Waals surface area contributed by atoms with Gasteiger partial charge in [-0.15, -0.1) is 0 Å². The summed E-state index contributed by atoms with van der Waals surface area (Å²) in [5.74, 6) is -1.33. The molecule has 3 amide bonds. The first-order chi connectivity index (χ1) is 19.4. The van der Waals surface area contributed by atoms with E-state index >= 15 is 0 Å². The minimum absolute atomic E-state index is 0.0482. The van der Waals surface area contributed by atoms with Crippen LogP contribution in [0.15, 0.2) is 36.4 Å². The fourth-order valence-electron chi connectivity index (χ4n) is 6.18. The molecule has 230 valence electrons. The second-order valence-electron chi connectivity index (χ2n) is 11.1. The molecule has 2 aliphatic rings. The van der Waals surface area contributed by atoms with Crippen molar-refractivity contribution in [2.75, 3.05) is 26.7 Å². The van der Waals surface area contributed by atoms with Crippen molar-refractivity contribution in [1.82, 2.24) is 14.7 Å². The first-order valence-electron chi connectivity index (χ1n) is 13.5. The maximum Gasteiger partial charge on any atom is 0.416 e. The Bertz CT molecular complexity index is 1340. The van der Waals surface area contributed by atoms with Crippen LogP contribution in [-0.2, 0) is 17.1 Å². The smallest absolute Gasteiger partial charge is 0.384 e. The summed E-state index contributed by atoms with van der Waals surface area (Å²) in [6.07, 6.45) is -10.9. The molecular weight excluding hydrogens is 571 g/mol. The highest BCUT2D eigenvalue weighted by atomic mass is 19.4. The highest BCUT2D eigenvalue weighted by molar-refractivity contribution is 5.80. The highest BCUT2D eigenvalue weighted by Gasteiger charge is 2.48. The summed E-state index contributed by atoms with van der Waals surface area (Å²) in [4.78, 5) is 30.6. The molecule has 6 nitrogen and oxygen atoms in total. The van der Waals surface area contributed by atoms with Crippen LogP contribution < -0.4 is 0 Å². The first-order valence-corrected chi connectivity index (χ1v) is 13.5. The number of hydrogen-bond donors (Lipinski definition) is 1. The van der Waals surface area contributed by atoms with Crippen LogP contribution in [-0.4, -0.2) is 64.5 Å². The zero-order valence-electron chi connectivity index (χ0n) is 23.4. The molecule has 0 saturated carbocycles. The minimum atomic E-state index is -5.11. The molecule has 1 N–H and O–H groups in total. The van der Waals surface area contributed by atoms with Gasteiger partial charge >= 0.3 is 18.4 Å². The van der Waals surface area contributed by atoms with Crippen molar-refractivity contribution in [3.63, 3.8) is 0 Å². The number of amides is 3. The molecule has 13 heteroatoms. The number of fused-ring (bicyclic) bond motifs is 1. The maximum atomic E-state index is 14.0. The van der Waals surface area contributed by atoms with Gasteiger partial charge in [0.15, 0.2) is 0 Å². The van der Waals surface area contributed by atoms with Crippen LogP contribution in [0.2, 0.25) is 0 Å². The Morgan fingerprint density at radius 2 is 1.67 bits per heavy atom. The number of benzene rings is 2. The molecule has 5 atom stereocenters. The van der Waals surface area contributed by atoms with E-state index in [0.717, 1.165) is 11.0 Å². The van der Waals surface area contributed by atoms with Gasteiger partial charge in [-0.3, -0.25) is 4.79 Å². The monoisotopic (exact) mass is 603 g/mol. The van der Waals surface area contributed by atoms with Crippen LogP contribution in [0.1, 0.15) is 60.2 Å². The zero-order chi connectivity index (χ0) is 31.3. The van der Waals surface area contributed by atoms with E-state index in [1.165, 1.54) is 48.9 Å². The van der Waals surface area contributed by atoms with Crippen LogP contribution in [0.5, 0.6) is 0 Å². The maximum absolute atomic E-state index is 14.0. The Balaban J connectivity index is 1.71. The van der Waals surface area contributed by atoms with Gasteiger partial charge in [-0.05, 0) is 74.1 Å². The molecule has 0 aliphatic carbocycles. The molecule has 2 aromatic rings. The third-order valence-corrected chi connectivity index (χ3v) is 8.46. The van der Waals surface area contributed by atoms with Gasteiger partial charge in [0.25, 0.3) is 5.91 Å². The number of halogens is 7. The van der Waals surface area contributed by atoms with Gasteiger partial charge in [0, 0.05) is 32.6 Å². The Morgan fingerprint density at radius 1 is 1.00 bits per heavy atom. The van der Waals surface area contributed by atoms with E-state index in [1.54, 1.807) is 6.92 Å². The van der Waals surface area contributed by atoms with Crippen LogP contribution in [0.3, 0.4) is 0 Å². The standard InChI is InChI=1S/C29H32F7N3O3/c1-15-11-20(30)6-8-21(15)25-23-14-38(26(41)17(3)40)13-18(23)9-10-39(25)27(42)37(4)16(2)22-7-5-19(28(31,32)33)12-24(22)29(34,35)36/h5-8,11-12,16-18,23,25,40H,9-10,13-14H2,1-4H3/t16?,17?,18?,23-,25+/m1/s1. The van der Waals surface area contributed by atoms with Crippen LogP contribution in [0, 0.1) is 24.6 Å². The molecule has 2 aromatic carbocycles. The normalized spacial score (nSPS) is 22.5. The predicted octanol–water partition coefficient (Wildman–Crippen LogP) is 6.19. The predicted molar refractivity (Wildman–Crippen MR) is 138 cm³/mol. The number of piperidine rings is 1. The number of aliphatic hydroxyl groups excluding tert-OH is 1. The van der Waals surface area contributed by atoms with E-state index in [9.17, 15) is 45.4 Å². The lowest BCUT2D eigenvalue weighted by molar-refractivity contribution is -0.143. The van der Waals surface area contributed by atoms with E-state index in [0.29, 0.717) is 30.2 Å². The molecule has 0 aromatic heterocycles. The van der Waals surface area contributed by atoms with Crippen LogP contribution >= 0.6 is 0 Å². The van der Waals surface area contributed by atoms with Gasteiger partial charge in [0.1, 0.15) is 11.9 Å². The lowest BCUT2D eigenvalue weighted by atomic mass is 9.78. The molecule has 0 bridgehead atoms. The average molecular weight is 604 g/mol. The number of rotatable bonds is 4. The summed E-state index contributed by atoms with van der Waals surface area (Å²) in [7, 11) is 1.28. The Labute approximate surface area is 238 Å². The van der Waals surface area contributed by atoms with Crippen LogP contribution in [0.25, 0.3) is 0 Å². The van der Waals surface area contributed by atoms with E-state index < -0.39 is 65.0 Å².